The average Bonchev–Trinajstić information content (AvgIpc) is 3.41. The largest absolute Gasteiger partial charge is 0.493 e. The fraction of sp³-hybridized carbons (Fsp3) is 0.207. The Kier molecular flexibility index (Phi) is 9.48. The fourth-order valence-electron chi connectivity index (χ4n) is 3.84. The molecule has 0 fully saturated rings. The highest BCUT2D eigenvalue weighted by atomic mass is 35.5. The lowest BCUT2D eigenvalue weighted by Crippen LogP contribution is -2.14. The van der Waals surface area contributed by atoms with Gasteiger partial charge in [-0.25, -0.2) is 0 Å². The van der Waals surface area contributed by atoms with Gasteiger partial charge in [-0.15, -0.1) is 5.10 Å². The van der Waals surface area contributed by atoms with Gasteiger partial charge in [0, 0.05) is 24.2 Å². The van der Waals surface area contributed by atoms with Gasteiger partial charge in [-0.1, -0.05) is 41.9 Å². The minimum Gasteiger partial charge on any atom is -0.493 e. The standard InChI is InChI=1S/C29H30ClN5O5/c1-37-23-12-9-19(15-25(23)39-3)17-31-28-33-29(32-18-20-10-13-24(38-2)26(16-20)40-4)35(34-28)27(36)14-11-21-7-5-6-8-22(21)30/h5-16H,17-18H2,1-4H3,(H2,31,32,33,34). The highest BCUT2D eigenvalue weighted by Gasteiger charge is 2.16. The van der Waals surface area contributed by atoms with E-state index in [2.05, 4.69) is 20.7 Å². The number of carbonyl (C=O) groups excluding carboxylic acids is 1. The number of ether oxygens (including phenoxy) is 4. The molecule has 1 heterocycles. The zero-order chi connectivity index (χ0) is 28.5. The van der Waals surface area contributed by atoms with Crippen LogP contribution in [0.2, 0.25) is 5.02 Å². The molecule has 208 valence electrons. The number of hydrogen-bond donors (Lipinski definition) is 2. The first kappa shape index (κ1) is 28.3. The number of nitrogens with one attached hydrogen (secondary N) is 2. The Morgan fingerprint density at radius 1 is 0.825 bits per heavy atom. The molecule has 0 aliphatic rings. The molecule has 0 bridgehead atoms. The SMILES string of the molecule is COc1ccc(CNc2nc(NCc3ccc(OC)c(OC)c3)n(C(=O)C=Cc3ccccc3Cl)n2)cc1OC. The summed E-state index contributed by atoms with van der Waals surface area (Å²) in [7, 11) is 6.32. The van der Waals surface area contributed by atoms with Crippen LogP contribution in [0.5, 0.6) is 23.0 Å². The van der Waals surface area contributed by atoms with Crippen molar-refractivity contribution >= 4 is 35.5 Å². The van der Waals surface area contributed by atoms with Gasteiger partial charge < -0.3 is 29.6 Å². The molecule has 3 aromatic carbocycles. The van der Waals surface area contributed by atoms with Crippen molar-refractivity contribution in [3.63, 3.8) is 0 Å². The lowest BCUT2D eigenvalue weighted by Gasteiger charge is -2.10. The molecule has 11 heteroatoms. The van der Waals surface area contributed by atoms with Gasteiger partial charge in [-0.3, -0.25) is 4.79 Å². The van der Waals surface area contributed by atoms with E-state index in [-0.39, 0.29) is 11.9 Å². The Hall–Kier alpha value is -4.70. The molecule has 0 atom stereocenters. The van der Waals surface area contributed by atoms with E-state index >= 15 is 0 Å². The van der Waals surface area contributed by atoms with Gasteiger partial charge in [0.2, 0.25) is 11.9 Å². The first-order chi connectivity index (χ1) is 19.4. The normalized spacial score (nSPS) is 10.8. The van der Waals surface area contributed by atoms with Crippen LogP contribution in [-0.2, 0) is 13.1 Å². The van der Waals surface area contributed by atoms with Gasteiger partial charge >= 0.3 is 0 Å². The Bertz CT molecular complexity index is 1500. The van der Waals surface area contributed by atoms with Crippen molar-refractivity contribution in [2.75, 3.05) is 39.1 Å². The van der Waals surface area contributed by atoms with Crippen molar-refractivity contribution in [3.05, 3.63) is 88.5 Å². The number of nitrogens with zero attached hydrogens (tertiary/aromatic N) is 3. The van der Waals surface area contributed by atoms with Crippen molar-refractivity contribution < 1.29 is 23.7 Å². The molecule has 0 saturated carbocycles. The van der Waals surface area contributed by atoms with Gasteiger partial charge in [0.05, 0.1) is 28.4 Å². The van der Waals surface area contributed by atoms with Crippen LogP contribution in [0, 0.1) is 0 Å². The minimum absolute atomic E-state index is 0.262. The monoisotopic (exact) mass is 563 g/mol. The number of allylic oxidation sites excluding steroid dienone is 1. The summed E-state index contributed by atoms with van der Waals surface area (Å²) >= 11 is 6.24. The third kappa shape index (κ3) is 6.83. The third-order valence-electron chi connectivity index (χ3n) is 5.92. The molecular weight excluding hydrogens is 534 g/mol. The van der Waals surface area contributed by atoms with Crippen molar-refractivity contribution in [1.82, 2.24) is 14.8 Å². The summed E-state index contributed by atoms with van der Waals surface area (Å²) in [5.74, 6) is 2.59. The second kappa shape index (κ2) is 13.4. The number of benzene rings is 3. The molecule has 0 aliphatic heterocycles. The quantitative estimate of drug-likeness (QED) is 0.215. The lowest BCUT2D eigenvalue weighted by molar-refractivity contribution is 0.0957. The topological polar surface area (TPSA) is 109 Å². The molecule has 0 unspecified atom stereocenters. The fourth-order valence-corrected chi connectivity index (χ4v) is 4.04. The summed E-state index contributed by atoms with van der Waals surface area (Å²) in [4.78, 5) is 17.7. The summed E-state index contributed by atoms with van der Waals surface area (Å²) in [6.45, 7) is 0.749. The second-order valence-electron chi connectivity index (χ2n) is 8.45. The maximum absolute atomic E-state index is 13.2. The average molecular weight is 564 g/mol. The van der Waals surface area contributed by atoms with Crippen molar-refractivity contribution in [1.29, 1.82) is 0 Å². The Morgan fingerprint density at radius 3 is 1.98 bits per heavy atom. The lowest BCUT2D eigenvalue weighted by atomic mass is 10.2. The van der Waals surface area contributed by atoms with Crippen LogP contribution in [0.3, 0.4) is 0 Å². The van der Waals surface area contributed by atoms with Crippen molar-refractivity contribution in [3.8, 4) is 23.0 Å². The predicted molar refractivity (Wildman–Crippen MR) is 155 cm³/mol. The molecule has 0 aliphatic carbocycles. The zero-order valence-electron chi connectivity index (χ0n) is 22.6. The molecule has 0 spiro atoms. The van der Waals surface area contributed by atoms with E-state index in [4.69, 9.17) is 30.5 Å². The molecule has 4 rings (SSSR count). The summed E-state index contributed by atoms with van der Waals surface area (Å²) in [6, 6.07) is 18.4. The first-order valence-electron chi connectivity index (χ1n) is 12.3. The number of hydrogen-bond acceptors (Lipinski definition) is 9. The minimum atomic E-state index is -0.401. The maximum atomic E-state index is 13.2. The summed E-state index contributed by atoms with van der Waals surface area (Å²) in [5, 5.41) is 11.3. The molecule has 2 N–H and O–H groups in total. The molecule has 1 aromatic heterocycles. The van der Waals surface area contributed by atoms with Crippen LogP contribution < -0.4 is 29.6 Å². The van der Waals surface area contributed by atoms with Gasteiger partial charge in [-0.2, -0.15) is 9.67 Å². The van der Waals surface area contributed by atoms with Crippen LogP contribution in [0.15, 0.2) is 66.7 Å². The van der Waals surface area contributed by atoms with Crippen LogP contribution in [-0.4, -0.2) is 49.1 Å². The Balaban J connectivity index is 1.56. The molecule has 10 nitrogen and oxygen atoms in total. The van der Waals surface area contributed by atoms with Crippen molar-refractivity contribution in [2.45, 2.75) is 13.1 Å². The summed E-state index contributed by atoms with van der Waals surface area (Å²) < 4.78 is 22.6. The molecule has 4 aromatic rings. The first-order valence-corrected chi connectivity index (χ1v) is 12.7. The van der Waals surface area contributed by atoms with Gasteiger partial charge in [0.1, 0.15) is 0 Å². The molecule has 0 radical (unpaired) electrons. The van der Waals surface area contributed by atoms with E-state index in [1.165, 1.54) is 10.8 Å². The number of anilines is 2. The van der Waals surface area contributed by atoms with Gasteiger partial charge in [0.25, 0.3) is 5.91 Å². The number of rotatable bonds is 12. The summed E-state index contributed by atoms with van der Waals surface area (Å²) in [5.41, 5.74) is 2.52. The van der Waals surface area contributed by atoms with E-state index in [9.17, 15) is 4.79 Å². The van der Waals surface area contributed by atoms with Crippen LogP contribution in [0.1, 0.15) is 21.5 Å². The van der Waals surface area contributed by atoms with E-state index in [0.717, 1.165) is 11.1 Å². The smallest absolute Gasteiger partial charge is 0.274 e. The Labute approximate surface area is 237 Å². The molecule has 0 saturated heterocycles. The molecular formula is C29H30ClN5O5. The van der Waals surface area contributed by atoms with E-state index < -0.39 is 5.91 Å². The number of carbonyl (C=O) groups is 1. The maximum Gasteiger partial charge on any atom is 0.274 e. The number of methoxy groups -OCH3 is 4. The third-order valence-corrected chi connectivity index (χ3v) is 6.27. The molecule has 0 amide bonds. The number of halogens is 1. The van der Waals surface area contributed by atoms with E-state index in [1.807, 2.05) is 54.6 Å². The van der Waals surface area contributed by atoms with Gasteiger partial charge in [-0.05, 0) is 53.1 Å². The van der Waals surface area contributed by atoms with E-state index in [1.54, 1.807) is 40.6 Å². The Morgan fingerprint density at radius 2 is 1.40 bits per heavy atom. The van der Waals surface area contributed by atoms with Crippen LogP contribution >= 0.6 is 11.6 Å². The molecule has 40 heavy (non-hydrogen) atoms. The van der Waals surface area contributed by atoms with Crippen LogP contribution in [0.25, 0.3) is 6.08 Å². The highest BCUT2D eigenvalue weighted by molar-refractivity contribution is 6.32. The van der Waals surface area contributed by atoms with Gasteiger partial charge in [0.15, 0.2) is 23.0 Å². The zero-order valence-corrected chi connectivity index (χ0v) is 23.4. The van der Waals surface area contributed by atoms with Crippen molar-refractivity contribution in [2.24, 2.45) is 0 Å². The predicted octanol–water partition coefficient (Wildman–Crippen LogP) is 5.54. The second-order valence-corrected chi connectivity index (χ2v) is 8.86. The number of aromatic nitrogens is 3. The summed E-state index contributed by atoms with van der Waals surface area (Å²) in [6.07, 6.45) is 3.04. The van der Waals surface area contributed by atoms with E-state index in [0.29, 0.717) is 46.7 Å². The van der Waals surface area contributed by atoms with Crippen LogP contribution in [0.4, 0.5) is 11.9 Å². The highest BCUT2D eigenvalue weighted by Crippen LogP contribution is 2.29.